The van der Waals surface area contributed by atoms with E-state index < -0.39 is 11.5 Å². The Bertz CT molecular complexity index is 542. The van der Waals surface area contributed by atoms with Gasteiger partial charge in [-0.25, -0.2) is 0 Å². The van der Waals surface area contributed by atoms with Crippen LogP contribution in [-0.2, 0) is 10.2 Å². The van der Waals surface area contributed by atoms with Crippen molar-refractivity contribution >= 4 is 5.91 Å². The van der Waals surface area contributed by atoms with Crippen molar-refractivity contribution in [2.75, 3.05) is 6.54 Å². The SMILES string of the molecule is CCC(CC)[C@H](O)CNC(=O)C(C)(C)c1cccc(C#N)c1. The Labute approximate surface area is 133 Å². The summed E-state index contributed by atoms with van der Waals surface area (Å²) < 4.78 is 0. The summed E-state index contributed by atoms with van der Waals surface area (Å²) in [6.07, 6.45) is 1.25. The summed E-state index contributed by atoms with van der Waals surface area (Å²) in [4.78, 5) is 12.5. The van der Waals surface area contributed by atoms with E-state index in [1.165, 1.54) is 0 Å². The van der Waals surface area contributed by atoms with Gasteiger partial charge < -0.3 is 10.4 Å². The Morgan fingerprint density at radius 1 is 1.36 bits per heavy atom. The van der Waals surface area contributed by atoms with Crippen LogP contribution in [0, 0.1) is 17.2 Å². The summed E-state index contributed by atoms with van der Waals surface area (Å²) in [5.41, 5.74) is 0.581. The van der Waals surface area contributed by atoms with Gasteiger partial charge in [-0.3, -0.25) is 4.79 Å². The highest BCUT2D eigenvalue weighted by molar-refractivity contribution is 5.87. The van der Waals surface area contributed by atoms with Crippen molar-refractivity contribution in [1.29, 1.82) is 5.26 Å². The molecular weight excluding hydrogens is 276 g/mol. The fourth-order valence-electron chi connectivity index (χ4n) is 2.53. The molecule has 1 amide bonds. The number of benzene rings is 1. The molecule has 120 valence electrons. The normalized spacial score (nSPS) is 12.8. The predicted octanol–water partition coefficient (Wildman–Crippen LogP) is 2.75. The number of nitrogens with zero attached hydrogens (tertiary/aromatic N) is 1. The largest absolute Gasteiger partial charge is 0.391 e. The molecule has 0 aliphatic rings. The maximum Gasteiger partial charge on any atom is 0.230 e. The van der Waals surface area contributed by atoms with Gasteiger partial charge in [-0.05, 0) is 37.5 Å². The smallest absolute Gasteiger partial charge is 0.230 e. The highest BCUT2D eigenvalue weighted by Crippen LogP contribution is 2.24. The molecule has 0 bridgehead atoms. The molecule has 0 heterocycles. The first kappa shape index (κ1) is 18.2. The first-order valence-corrected chi connectivity index (χ1v) is 7.83. The van der Waals surface area contributed by atoms with Gasteiger partial charge in [0.25, 0.3) is 0 Å². The standard InChI is InChI=1S/C18H26N2O2/c1-5-14(6-2)16(21)12-20-17(22)18(3,4)15-9-7-8-13(10-15)11-19/h7-10,14,16,21H,5-6,12H2,1-4H3,(H,20,22)/t16-/m1/s1. The molecule has 0 aliphatic heterocycles. The zero-order chi connectivity index (χ0) is 16.8. The van der Waals surface area contributed by atoms with Gasteiger partial charge in [0.05, 0.1) is 23.2 Å². The molecule has 2 N–H and O–H groups in total. The molecule has 4 heteroatoms. The van der Waals surface area contributed by atoms with E-state index >= 15 is 0 Å². The van der Waals surface area contributed by atoms with Crippen LogP contribution in [0.3, 0.4) is 0 Å². The van der Waals surface area contributed by atoms with Crippen molar-refractivity contribution in [3.05, 3.63) is 35.4 Å². The number of nitrogens with one attached hydrogen (secondary N) is 1. The summed E-state index contributed by atoms with van der Waals surface area (Å²) in [5, 5.41) is 21.9. The molecular formula is C18H26N2O2. The zero-order valence-corrected chi connectivity index (χ0v) is 13.9. The minimum Gasteiger partial charge on any atom is -0.391 e. The number of nitriles is 1. The summed E-state index contributed by atoms with van der Waals surface area (Å²) >= 11 is 0. The van der Waals surface area contributed by atoms with Crippen LogP contribution in [0.25, 0.3) is 0 Å². The molecule has 1 aromatic rings. The number of aliphatic hydroxyl groups is 1. The highest BCUT2D eigenvalue weighted by Gasteiger charge is 2.30. The van der Waals surface area contributed by atoms with Gasteiger partial charge in [-0.15, -0.1) is 0 Å². The van der Waals surface area contributed by atoms with E-state index in [0.717, 1.165) is 18.4 Å². The number of aliphatic hydroxyl groups excluding tert-OH is 1. The molecule has 1 rings (SSSR count). The molecule has 0 spiro atoms. The Morgan fingerprint density at radius 2 is 2.00 bits per heavy atom. The van der Waals surface area contributed by atoms with Gasteiger partial charge in [-0.2, -0.15) is 5.26 Å². The number of amides is 1. The third-order valence-electron chi connectivity index (χ3n) is 4.35. The zero-order valence-electron chi connectivity index (χ0n) is 13.9. The second kappa shape index (κ2) is 7.95. The van der Waals surface area contributed by atoms with Crippen molar-refractivity contribution in [2.45, 2.75) is 52.1 Å². The topological polar surface area (TPSA) is 73.1 Å². The van der Waals surface area contributed by atoms with Gasteiger partial charge in [-0.1, -0.05) is 38.8 Å². The average Bonchev–Trinajstić information content (AvgIpc) is 2.53. The molecule has 0 aliphatic carbocycles. The van der Waals surface area contributed by atoms with E-state index in [1.807, 2.05) is 33.8 Å². The Hall–Kier alpha value is -1.86. The van der Waals surface area contributed by atoms with E-state index in [-0.39, 0.29) is 18.4 Å². The molecule has 0 saturated carbocycles. The van der Waals surface area contributed by atoms with Crippen molar-refractivity contribution in [3.63, 3.8) is 0 Å². The molecule has 1 aromatic carbocycles. The summed E-state index contributed by atoms with van der Waals surface area (Å²) in [7, 11) is 0. The van der Waals surface area contributed by atoms with Crippen LogP contribution < -0.4 is 5.32 Å². The van der Waals surface area contributed by atoms with Crippen molar-refractivity contribution < 1.29 is 9.90 Å². The van der Waals surface area contributed by atoms with E-state index in [2.05, 4.69) is 11.4 Å². The summed E-state index contributed by atoms with van der Waals surface area (Å²) in [6, 6.07) is 9.16. The molecule has 0 saturated heterocycles. The minimum atomic E-state index is -0.749. The third-order valence-corrected chi connectivity index (χ3v) is 4.35. The Balaban J connectivity index is 2.76. The average molecular weight is 302 g/mol. The first-order valence-electron chi connectivity index (χ1n) is 7.83. The van der Waals surface area contributed by atoms with Gasteiger partial charge >= 0.3 is 0 Å². The predicted molar refractivity (Wildman–Crippen MR) is 87.3 cm³/mol. The number of hydrogen-bond acceptors (Lipinski definition) is 3. The molecule has 0 fully saturated rings. The minimum absolute atomic E-state index is 0.146. The number of rotatable bonds is 7. The van der Waals surface area contributed by atoms with Crippen molar-refractivity contribution in [1.82, 2.24) is 5.32 Å². The van der Waals surface area contributed by atoms with Gasteiger partial charge in [0.2, 0.25) is 5.91 Å². The van der Waals surface area contributed by atoms with Crippen molar-refractivity contribution in [3.8, 4) is 6.07 Å². The van der Waals surface area contributed by atoms with Gasteiger partial charge in [0.15, 0.2) is 0 Å². The lowest BCUT2D eigenvalue weighted by Gasteiger charge is -2.26. The Kier molecular flexibility index (Phi) is 6.58. The van der Waals surface area contributed by atoms with Crippen LogP contribution in [0.15, 0.2) is 24.3 Å². The van der Waals surface area contributed by atoms with E-state index in [0.29, 0.717) is 5.56 Å². The first-order chi connectivity index (χ1) is 10.4. The molecule has 4 nitrogen and oxygen atoms in total. The maximum atomic E-state index is 12.5. The van der Waals surface area contributed by atoms with Crippen LogP contribution in [-0.4, -0.2) is 23.7 Å². The molecule has 0 radical (unpaired) electrons. The van der Waals surface area contributed by atoms with E-state index in [9.17, 15) is 9.90 Å². The fraction of sp³-hybridized carbons (Fsp3) is 0.556. The van der Waals surface area contributed by atoms with Gasteiger partial charge in [0.1, 0.15) is 0 Å². The lowest BCUT2D eigenvalue weighted by molar-refractivity contribution is -0.126. The van der Waals surface area contributed by atoms with Crippen LogP contribution in [0.2, 0.25) is 0 Å². The fourth-order valence-corrected chi connectivity index (χ4v) is 2.53. The van der Waals surface area contributed by atoms with Crippen LogP contribution in [0.1, 0.15) is 51.7 Å². The third kappa shape index (κ3) is 4.32. The van der Waals surface area contributed by atoms with Crippen LogP contribution in [0.5, 0.6) is 0 Å². The molecule has 1 atom stereocenters. The Morgan fingerprint density at radius 3 is 2.55 bits per heavy atom. The molecule has 22 heavy (non-hydrogen) atoms. The highest BCUT2D eigenvalue weighted by atomic mass is 16.3. The summed E-state index contributed by atoms with van der Waals surface area (Å²) in [6.45, 7) is 7.98. The molecule has 0 unspecified atom stereocenters. The second-order valence-corrected chi connectivity index (χ2v) is 6.17. The van der Waals surface area contributed by atoms with Crippen LogP contribution in [0.4, 0.5) is 0 Å². The lowest BCUT2D eigenvalue weighted by Crippen LogP contribution is -2.44. The van der Waals surface area contributed by atoms with Crippen molar-refractivity contribution in [2.24, 2.45) is 5.92 Å². The second-order valence-electron chi connectivity index (χ2n) is 6.17. The maximum absolute atomic E-state index is 12.5. The monoisotopic (exact) mass is 302 g/mol. The number of carbonyl (C=O) groups is 1. The van der Waals surface area contributed by atoms with E-state index in [4.69, 9.17) is 5.26 Å². The number of hydrogen-bond donors (Lipinski definition) is 2. The lowest BCUT2D eigenvalue weighted by atomic mass is 9.83. The van der Waals surface area contributed by atoms with Gasteiger partial charge in [0, 0.05) is 6.54 Å². The number of carbonyl (C=O) groups excluding carboxylic acids is 1. The molecule has 0 aromatic heterocycles. The summed E-state index contributed by atoms with van der Waals surface area (Å²) in [5.74, 6) is 0.0536. The quantitative estimate of drug-likeness (QED) is 0.813. The van der Waals surface area contributed by atoms with Crippen LogP contribution >= 0.6 is 0 Å². The van der Waals surface area contributed by atoms with E-state index in [1.54, 1.807) is 18.2 Å².